The summed E-state index contributed by atoms with van der Waals surface area (Å²) < 4.78 is 5.96. The zero-order valence-electron chi connectivity index (χ0n) is 20.5. The minimum atomic E-state index is -0.235. The highest BCUT2D eigenvalue weighted by Crippen LogP contribution is 2.51. The first-order valence-electron chi connectivity index (χ1n) is 12.0. The largest absolute Gasteiger partial charge is 0.512 e. The number of ether oxygens (including phenoxy) is 1. The average molecular weight is 469 g/mol. The van der Waals surface area contributed by atoms with Crippen molar-refractivity contribution in [3.05, 3.63) is 95.9 Å². The number of aryl methyl sites for hydroxylation is 1. The fourth-order valence-electron chi connectivity index (χ4n) is 3.90. The Bertz CT molecular complexity index is 1260. The molecule has 0 radical (unpaired) electrons. The lowest BCUT2D eigenvalue weighted by molar-refractivity contribution is 0.200. The summed E-state index contributed by atoms with van der Waals surface area (Å²) in [6, 6.07) is 12.0. The topological polar surface area (TPSA) is 83.4 Å². The maximum absolute atomic E-state index is 10.3. The second-order valence-corrected chi connectivity index (χ2v) is 8.81. The number of aromatic nitrogens is 3. The van der Waals surface area contributed by atoms with Gasteiger partial charge in [0.2, 0.25) is 5.88 Å². The van der Waals surface area contributed by atoms with Gasteiger partial charge in [-0.05, 0) is 50.3 Å². The molecule has 6 heteroatoms. The molecule has 0 amide bonds. The van der Waals surface area contributed by atoms with Gasteiger partial charge in [-0.25, -0.2) is 9.97 Å². The normalized spacial score (nSPS) is 15.7. The number of hydrogen-bond acceptors (Lipinski definition) is 5. The van der Waals surface area contributed by atoms with Crippen LogP contribution in [0.3, 0.4) is 0 Å². The first-order chi connectivity index (χ1) is 17.0. The van der Waals surface area contributed by atoms with Crippen LogP contribution in [0.4, 0.5) is 0 Å². The highest BCUT2D eigenvalue weighted by molar-refractivity contribution is 5.80. The molecule has 3 aromatic rings. The van der Waals surface area contributed by atoms with Gasteiger partial charge < -0.3 is 14.8 Å². The molecule has 0 bridgehead atoms. The SMILES string of the molecule is C\C=C/C(=C\N=C\c1ncc(-c2ccccc2)[nH]1)c1cnc(OCC2(/C(O)=C/CC)CC2)cc1C. The third kappa shape index (κ3) is 5.96. The van der Waals surface area contributed by atoms with E-state index in [-0.39, 0.29) is 5.41 Å². The molecule has 180 valence electrons. The van der Waals surface area contributed by atoms with Crippen LogP contribution >= 0.6 is 0 Å². The highest BCUT2D eigenvalue weighted by Gasteiger charge is 2.47. The number of aliphatic imine (C=N–C) groups is 1. The van der Waals surface area contributed by atoms with Gasteiger partial charge in [-0.15, -0.1) is 0 Å². The van der Waals surface area contributed by atoms with E-state index < -0.39 is 0 Å². The number of H-pyrrole nitrogens is 1. The summed E-state index contributed by atoms with van der Waals surface area (Å²) in [5, 5.41) is 10.3. The molecule has 2 N–H and O–H groups in total. The number of nitrogens with one attached hydrogen (secondary N) is 1. The van der Waals surface area contributed by atoms with Crippen molar-refractivity contribution >= 4 is 11.8 Å². The van der Waals surface area contributed by atoms with Crippen LogP contribution in [0.5, 0.6) is 5.88 Å². The number of aromatic amines is 1. The Morgan fingerprint density at radius 1 is 1.20 bits per heavy atom. The predicted molar refractivity (Wildman–Crippen MR) is 142 cm³/mol. The number of hydrogen-bond donors (Lipinski definition) is 2. The van der Waals surface area contributed by atoms with E-state index in [1.54, 1.807) is 6.21 Å². The zero-order valence-corrected chi connectivity index (χ0v) is 20.5. The molecule has 2 aromatic heterocycles. The molecule has 1 fully saturated rings. The summed E-state index contributed by atoms with van der Waals surface area (Å²) in [6.45, 7) is 6.47. The summed E-state index contributed by atoms with van der Waals surface area (Å²) >= 11 is 0. The lowest BCUT2D eigenvalue weighted by atomic mass is 10.0. The van der Waals surface area contributed by atoms with E-state index in [1.807, 2.05) is 94.0 Å². The summed E-state index contributed by atoms with van der Waals surface area (Å²) in [7, 11) is 0. The standard InChI is InChI=1S/C29H32N4O2/c1-4-9-23(16-30-19-27-31-18-25(33-27)22-11-7-6-8-12-22)24-17-32-28(15-21(24)3)35-20-29(13-14-29)26(34)10-5-2/h4,6-12,15-19,34H,5,13-14,20H2,1-3H3,(H,31,33)/b9-4-,23-16+,26-10-,30-19+. The molecule has 1 aliphatic rings. The summed E-state index contributed by atoms with van der Waals surface area (Å²) in [5.41, 5.74) is 4.76. The molecular formula is C29H32N4O2. The van der Waals surface area contributed by atoms with Gasteiger partial charge in [0.1, 0.15) is 12.4 Å². The van der Waals surface area contributed by atoms with E-state index >= 15 is 0 Å². The lowest BCUT2D eigenvalue weighted by Gasteiger charge is -2.16. The first kappa shape index (κ1) is 24.2. The van der Waals surface area contributed by atoms with Crippen molar-refractivity contribution in [3.63, 3.8) is 0 Å². The van der Waals surface area contributed by atoms with E-state index in [9.17, 15) is 5.11 Å². The summed E-state index contributed by atoms with van der Waals surface area (Å²) in [5.74, 6) is 1.69. The van der Waals surface area contributed by atoms with Crippen LogP contribution in [0.15, 0.2) is 84.0 Å². The van der Waals surface area contributed by atoms with Crippen molar-refractivity contribution in [3.8, 4) is 17.1 Å². The van der Waals surface area contributed by atoms with Crippen LogP contribution in [-0.2, 0) is 0 Å². The van der Waals surface area contributed by atoms with Crippen molar-refractivity contribution in [2.24, 2.45) is 10.4 Å². The molecule has 1 saturated carbocycles. The number of nitrogens with zero attached hydrogens (tertiary/aromatic N) is 3. The maximum atomic E-state index is 10.3. The molecular weight excluding hydrogens is 436 g/mol. The monoisotopic (exact) mass is 468 g/mol. The molecule has 4 rings (SSSR count). The van der Waals surface area contributed by atoms with Gasteiger partial charge >= 0.3 is 0 Å². The Labute approximate surface area is 206 Å². The smallest absolute Gasteiger partial charge is 0.213 e. The number of benzene rings is 1. The fourth-order valence-corrected chi connectivity index (χ4v) is 3.90. The Balaban J connectivity index is 1.46. The molecule has 0 saturated heterocycles. The molecule has 2 heterocycles. The Hall–Kier alpha value is -3.93. The number of pyridine rings is 1. The lowest BCUT2D eigenvalue weighted by Crippen LogP contribution is -2.16. The first-order valence-corrected chi connectivity index (χ1v) is 12.0. The van der Waals surface area contributed by atoms with Gasteiger partial charge in [0.05, 0.1) is 29.3 Å². The Morgan fingerprint density at radius 2 is 2.00 bits per heavy atom. The van der Waals surface area contributed by atoms with Gasteiger partial charge in [0, 0.05) is 29.6 Å². The predicted octanol–water partition coefficient (Wildman–Crippen LogP) is 6.83. The number of allylic oxidation sites excluding steroid dienone is 4. The van der Waals surface area contributed by atoms with E-state index in [2.05, 4.69) is 19.9 Å². The van der Waals surface area contributed by atoms with Gasteiger partial charge in [-0.1, -0.05) is 49.4 Å². The summed E-state index contributed by atoms with van der Waals surface area (Å²) in [6.07, 6.45) is 15.7. The maximum Gasteiger partial charge on any atom is 0.213 e. The minimum Gasteiger partial charge on any atom is -0.512 e. The molecule has 35 heavy (non-hydrogen) atoms. The molecule has 0 spiro atoms. The molecule has 1 aromatic carbocycles. The second kappa shape index (κ2) is 11.0. The third-order valence-corrected chi connectivity index (χ3v) is 6.12. The molecule has 0 atom stereocenters. The number of imidazole rings is 1. The van der Waals surface area contributed by atoms with Crippen molar-refractivity contribution < 1.29 is 9.84 Å². The van der Waals surface area contributed by atoms with Crippen molar-refractivity contribution in [2.45, 2.75) is 40.0 Å². The van der Waals surface area contributed by atoms with Crippen LogP contribution < -0.4 is 4.74 Å². The Kier molecular flexibility index (Phi) is 7.60. The van der Waals surface area contributed by atoms with Crippen molar-refractivity contribution in [1.29, 1.82) is 0 Å². The summed E-state index contributed by atoms with van der Waals surface area (Å²) in [4.78, 5) is 16.7. The van der Waals surface area contributed by atoms with E-state index in [0.717, 1.165) is 47.2 Å². The van der Waals surface area contributed by atoms with Crippen LogP contribution in [0.2, 0.25) is 0 Å². The molecule has 1 aliphatic carbocycles. The Morgan fingerprint density at radius 3 is 2.69 bits per heavy atom. The van der Waals surface area contributed by atoms with Crippen molar-refractivity contribution in [2.75, 3.05) is 6.61 Å². The van der Waals surface area contributed by atoms with E-state index in [1.165, 1.54) is 0 Å². The number of aliphatic hydroxyl groups excluding tert-OH is 1. The third-order valence-electron chi connectivity index (χ3n) is 6.12. The van der Waals surface area contributed by atoms with Crippen molar-refractivity contribution in [1.82, 2.24) is 15.0 Å². The number of rotatable bonds is 10. The van der Waals surface area contributed by atoms with Crippen LogP contribution in [-0.4, -0.2) is 32.9 Å². The van der Waals surface area contributed by atoms with Gasteiger partial charge in [0.25, 0.3) is 0 Å². The highest BCUT2D eigenvalue weighted by atomic mass is 16.5. The van der Waals surface area contributed by atoms with Crippen LogP contribution in [0.1, 0.15) is 50.1 Å². The zero-order chi connectivity index (χ0) is 24.7. The molecule has 6 nitrogen and oxygen atoms in total. The second-order valence-electron chi connectivity index (χ2n) is 8.81. The minimum absolute atomic E-state index is 0.235. The fraction of sp³-hybridized carbons (Fsp3) is 0.276. The average Bonchev–Trinajstić information content (AvgIpc) is 3.52. The number of aliphatic hydroxyl groups is 1. The molecule has 0 unspecified atom stereocenters. The van der Waals surface area contributed by atoms with Gasteiger partial charge in [-0.3, -0.25) is 4.99 Å². The molecule has 0 aliphatic heterocycles. The van der Waals surface area contributed by atoms with Crippen LogP contribution in [0.25, 0.3) is 16.8 Å². The van der Waals surface area contributed by atoms with Gasteiger partial charge in [-0.2, -0.15) is 0 Å². The van der Waals surface area contributed by atoms with Gasteiger partial charge in [0.15, 0.2) is 0 Å². The quantitative estimate of drug-likeness (QED) is 0.194. The van der Waals surface area contributed by atoms with E-state index in [0.29, 0.717) is 24.1 Å². The van der Waals surface area contributed by atoms with Crippen LogP contribution in [0, 0.1) is 12.3 Å². The van der Waals surface area contributed by atoms with E-state index in [4.69, 9.17) is 4.74 Å².